The van der Waals surface area contributed by atoms with Crippen LogP contribution < -0.4 is 4.74 Å². The van der Waals surface area contributed by atoms with Crippen LogP contribution in [0.25, 0.3) is 0 Å². The molecule has 0 radical (unpaired) electrons. The molecule has 0 aliphatic rings. The average molecular weight is 252 g/mol. The highest BCUT2D eigenvalue weighted by molar-refractivity contribution is 5.41. The molecule has 3 nitrogen and oxygen atoms in total. The standard InChI is InChI=1S/C15H24O3/c1-6-16-15(17-7-2)10-18-14-9-11(3)8-12(4)13(14)5/h8-9,15H,6-7,10H2,1-5H3. The van der Waals surface area contributed by atoms with Crippen molar-refractivity contribution < 1.29 is 14.2 Å². The van der Waals surface area contributed by atoms with Crippen LogP contribution >= 0.6 is 0 Å². The van der Waals surface area contributed by atoms with Crippen LogP contribution in [0, 0.1) is 20.8 Å². The van der Waals surface area contributed by atoms with E-state index in [4.69, 9.17) is 14.2 Å². The summed E-state index contributed by atoms with van der Waals surface area (Å²) < 4.78 is 16.7. The molecule has 0 aromatic heterocycles. The topological polar surface area (TPSA) is 27.7 Å². The second-order valence-corrected chi connectivity index (χ2v) is 4.36. The van der Waals surface area contributed by atoms with E-state index in [1.807, 2.05) is 13.8 Å². The van der Waals surface area contributed by atoms with Gasteiger partial charge in [0, 0.05) is 13.2 Å². The zero-order valence-corrected chi connectivity index (χ0v) is 12.1. The fourth-order valence-corrected chi connectivity index (χ4v) is 1.82. The second-order valence-electron chi connectivity index (χ2n) is 4.36. The maximum Gasteiger partial charge on any atom is 0.191 e. The lowest BCUT2D eigenvalue weighted by molar-refractivity contribution is -0.152. The largest absolute Gasteiger partial charge is 0.488 e. The minimum absolute atomic E-state index is 0.291. The maximum atomic E-state index is 5.82. The van der Waals surface area contributed by atoms with Gasteiger partial charge in [-0.1, -0.05) is 6.07 Å². The highest BCUT2D eigenvalue weighted by Gasteiger charge is 2.11. The van der Waals surface area contributed by atoms with Gasteiger partial charge in [-0.25, -0.2) is 0 Å². The summed E-state index contributed by atoms with van der Waals surface area (Å²) in [5.41, 5.74) is 3.62. The van der Waals surface area contributed by atoms with E-state index in [1.54, 1.807) is 0 Å². The molecule has 0 amide bonds. The van der Waals surface area contributed by atoms with E-state index < -0.39 is 0 Å². The summed E-state index contributed by atoms with van der Waals surface area (Å²) in [7, 11) is 0. The summed E-state index contributed by atoms with van der Waals surface area (Å²) in [6.07, 6.45) is -0.291. The normalized spacial score (nSPS) is 11.0. The van der Waals surface area contributed by atoms with Gasteiger partial charge in [-0.3, -0.25) is 0 Å². The molecule has 0 aliphatic carbocycles. The Hall–Kier alpha value is -1.06. The zero-order chi connectivity index (χ0) is 13.5. The van der Waals surface area contributed by atoms with Gasteiger partial charge in [0.2, 0.25) is 0 Å². The van der Waals surface area contributed by atoms with Crippen LogP contribution in [-0.2, 0) is 9.47 Å². The third kappa shape index (κ3) is 4.31. The molecule has 0 N–H and O–H groups in total. The maximum absolute atomic E-state index is 5.82. The third-order valence-corrected chi connectivity index (χ3v) is 2.84. The van der Waals surface area contributed by atoms with E-state index in [1.165, 1.54) is 16.7 Å². The highest BCUT2D eigenvalue weighted by Crippen LogP contribution is 2.23. The van der Waals surface area contributed by atoms with E-state index >= 15 is 0 Å². The Morgan fingerprint density at radius 1 is 1.00 bits per heavy atom. The van der Waals surface area contributed by atoms with Crippen LogP contribution in [0.15, 0.2) is 12.1 Å². The first-order valence-electron chi connectivity index (χ1n) is 6.52. The van der Waals surface area contributed by atoms with Gasteiger partial charge in [0.15, 0.2) is 6.29 Å². The number of hydrogen-bond acceptors (Lipinski definition) is 3. The van der Waals surface area contributed by atoms with E-state index in [0.717, 1.165) is 5.75 Å². The third-order valence-electron chi connectivity index (χ3n) is 2.84. The zero-order valence-electron chi connectivity index (χ0n) is 12.1. The molecular weight excluding hydrogens is 228 g/mol. The minimum Gasteiger partial charge on any atom is -0.488 e. The van der Waals surface area contributed by atoms with Crippen molar-refractivity contribution in [3.63, 3.8) is 0 Å². The van der Waals surface area contributed by atoms with Gasteiger partial charge in [0.25, 0.3) is 0 Å². The molecule has 0 bridgehead atoms. The molecule has 1 aromatic rings. The van der Waals surface area contributed by atoms with Gasteiger partial charge in [-0.15, -0.1) is 0 Å². The fourth-order valence-electron chi connectivity index (χ4n) is 1.82. The van der Waals surface area contributed by atoms with E-state index in [9.17, 15) is 0 Å². The van der Waals surface area contributed by atoms with Crippen LogP contribution in [-0.4, -0.2) is 26.1 Å². The van der Waals surface area contributed by atoms with Gasteiger partial charge in [0.1, 0.15) is 12.4 Å². The highest BCUT2D eigenvalue weighted by atomic mass is 16.7. The monoisotopic (exact) mass is 252 g/mol. The lowest BCUT2D eigenvalue weighted by atomic mass is 10.1. The number of hydrogen-bond donors (Lipinski definition) is 0. The molecule has 0 aliphatic heterocycles. The lowest BCUT2D eigenvalue weighted by Gasteiger charge is -2.19. The van der Waals surface area contributed by atoms with Crippen molar-refractivity contribution in [1.29, 1.82) is 0 Å². The Kier molecular flexibility index (Phi) is 6.16. The summed E-state index contributed by atoms with van der Waals surface area (Å²) in [5, 5.41) is 0. The van der Waals surface area contributed by atoms with Crippen LogP contribution in [0.4, 0.5) is 0 Å². The lowest BCUT2D eigenvalue weighted by Crippen LogP contribution is -2.25. The molecule has 1 rings (SSSR count). The second kappa shape index (κ2) is 7.39. The van der Waals surface area contributed by atoms with Crippen LogP contribution in [0.1, 0.15) is 30.5 Å². The van der Waals surface area contributed by atoms with Gasteiger partial charge in [-0.2, -0.15) is 0 Å². The summed E-state index contributed by atoms with van der Waals surface area (Å²) in [5.74, 6) is 0.914. The Morgan fingerprint density at radius 2 is 1.61 bits per heavy atom. The summed E-state index contributed by atoms with van der Waals surface area (Å²) in [4.78, 5) is 0. The molecule has 0 saturated heterocycles. The molecule has 3 heteroatoms. The van der Waals surface area contributed by atoms with Crippen LogP contribution in [0.3, 0.4) is 0 Å². The van der Waals surface area contributed by atoms with Gasteiger partial charge in [-0.05, 0) is 57.4 Å². The quantitative estimate of drug-likeness (QED) is 0.696. The first-order chi connectivity index (χ1) is 8.58. The van der Waals surface area contributed by atoms with Crippen LogP contribution in [0.5, 0.6) is 5.75 Å². The van der Waals surface area contributed by atoms with Crippen molar-refractivity contribution in [3.8, 4) is 5.75 Å². The van der Waals surface area contributed by atoms with Crippen molar-refractivity contribution in [2.24, 2.45) is 0 Å². The first-order valence-corrected chi connectivity index (χ1v) is 6.52. The Bertz CT molecular complexity index is 368. The van der Waals surface area contributed by atoms with Crippen LogP contribution in [0.2, 0.25) is 0 Å². The smallest absolute Gasteiger partial charge is 0.191 e. The summed E-state index contributed by atoms with van der Waals surface area (Å²) >= 11 is 0. The Morgan fingerprint density at radius 3 is 2.17 bits per heavy atom. The van der Waals surface area contributed by atoms with Crippen molar-refractivity contribution >= 4 is 0 Å². The van der Waals surface area contributed by atoms with Gasteiger partial charge < -0.3 is 14.2 Å². The molecule has 0 fully saturated rings. The molecule has 0 atom stereocenters. The van der Waals surface area contributed by atoms with Gasteiger partial charge >= 0.3 is 0 Å². The minimum atomic E-state index is -0.291. The number of benzene rings is 1. The van der Waals surface area contributed by atoms with E-state index in [2.05, 4.69) is 32.9 Å². The van der Waals surface area contributed by atoms with Crippen molar-refractivity contribution in [3.05, 3.63) is 28.8 Å². The summed E-state index contributed by atoms with van der Waals surface area (Å²) in [6, 6.07) is 4.21. The molecule has 0 saturated carbocycles. The summed E-state index contributed by atoms with van der Waals surface area (Å²) in [6.45, 7) is 11.8. The average Bonchev–Trinajstić information content (AvgIpc) is 2.32. The van der Waals surface area contributed by atoms with Gasteiger partial charge in [0.05, 0.1) is 0 Å². The SMILES string of the molecule is CCOC(COc1cc(C)cc(C)c1C)OCC. The molecule has 0 heterocycles. The molecular formula is C15H24O3. The van der Waals surface area contributed by atoms with Crippen molar-refractivity contribution in [2.75, 3.05) is 19.8 Å². The molecule has 18 heavy (non-hydrogen) atoms. The molecule has 102 valence electrons. The Balaban J connectivity index is 2.66. The van der Waals surface area contributed by atoms with Crippen molar-refractivity contribution in [1.82, 2.24) is 0 Å². The predicted octanol–water partition coefficient (Wildman–Crippen LogP) is 3.39. The number of ether oxygens (including phenoxy) is 3. The molecule has 0 spiro atoms. The first kappa shape index (κ1) is 15.0. The molecule has 1 aromatic carbocycles. The molecule has 0 unspecified atom stereocenters. The van der Waals surface area contributed by atoms with E-state index in [-0.39, 0.29) is 6.29 Å². The van der Waals surface area contributed by atoms with E-state index in [0.29, 0.717) is 19.8 Å². The predicted molar refractivity (Wildman–Crippen MR) is 73.2 cm³/mol. The fraction of sp³-hybridized carbons (Fsp3) is 0.600. The van der Waals surface area contributed by atoms with Crippen molar-refractivity contribution in [2.45, 2.75) is 40.9 Å². The number of rotatable bonds is 7. The Labute approximate surface area is 110 Å². The number of aryl methyl sites for hydroxylation is 2.